The molecule has 10 heteroatoms. The number of nitrogens with two attached hydrogens (primary N) is 1. The molecule has 1 aliphatic rings. The topological polar surface area (TPSA) is 106 Å². The number of ether oxygens (including phenoxy) is 1. The van der Waals surface area contributed by atoms with Gasteiger partial charge in [0.1, 0.15) is 41.4 Å². The van der Waals surface area contributed by atoms with E-state index in [-0.39, 0.29) is 17.0 Å². The van der Waals surface area contributed by atoms with E-state index in [0.717, 1.165) is 18.2 Å². The quantitative estimate of drug-likeness (QED) is 0.599. The molecule has 0 saturated carbocycles. The molecule has 2 aromatic heterocycles. The minimum atomic E-state index is -2.88. The first-order valence-electron chi connectivity index (χ1n) is 9.02. The van der Waals surface area contributed by atoms with Gasteiger partial charge in [-0.15, -0.1) is 0 Å². The zero-order chi connectivity index (χ0) is 21.8. The van der Waals surface area contributed by atoms with Crippen LogP contribution in [0.5, 0.6) is 0 Å². The summed E-state index contributed by atoms with van der Waals surface area (Å²) in [7, 11) is 0. The van der Waals surface area contributed by atoms with Crippen LogP contribution >= 0.6 is 0 Å². The minimum Gasteiger partial charge on any atom is -0.385 e. The normalized spacial score (nSPS) is 26.6. The van der Waals surface area contributed by atoms with Gasteiger partial charge in [0.2, 0.25) is 0 Å². The van der Waals surface area contributed by atoms with Crippen LogP contribution in [0.25, 0.3) is 16.6 Å². The lowest BCUT2D eigenvalue weighted by molar-refractivity contribution is -0.0524. The molecule has 30 heavy (non-hydrogen) atoms. The van der Waals surface area contributed by atoms with Crippen LogP contribution < -0.4 is 5.73 Å². The number of halogens is 3. The van der Waals surface area contributed by atoms with Gasteiger partial charge >= 0.3 is 0 Å². The summed E-state index contributed by atoms with van der Waals surface area (Å²) in [6.45, 7) is 5.14. The Morgan fingerprint density at radius 1 is 1.33 bits per heavy atom. The maximum atomic E-state index is 13.9. The Morgan fingerprint density at radius 3 is 2.77 bits per heavy atom. The Bertz CT molecular complexity index is 1130. The Morgan fingerprint density at radius 2 is 2.07 bits per heavy atom. The number of hydrogen-bond donors (Lipinski definition) is 3. The summed E-state index contributed by atoms with van der Waals surface area (Å²) in [6.07, 6.45) is -3.79. The maximum Gasteiger partial charge on any atom is 0.263 e. The first kappa shape index (κ1) is 20.3. The van der Waals surface area contributed by atoms with Crippen molar-refractivity contribution in [3.63, 3.8) is 0 Å². The van der Waals surface area contributed by atoms with Crippen LogP contribution in [-0.4, -0.2) is 42.6 Å². The monoisotopic (exact) mass is 420 g/mol. The van der Waals surface area contributed by atoms with Crippen LogP contribution in [0.4, 0.5) is 19.0 Å². The molecule has 3 heterocycles. The molecular formula is C20H19F3N4O3. The lowest BCUT2D eigenvalue weighted by atomic mass is 9.87. The molecule has 0 bridgehead atoms. The lowest BCUT2D eigenvalue weighted by Gasteiger charge is -2.28. The number of aliphatic hydroxyl groups is 2. The number of fused-ring (bicyclic) bond motifs is 1. The summed E-state index contributed by atoms with van der Waals surface area (Å²) < 4.78 is 47.4. The molecule has 3 aromatic rings. The van der Waals surface area contributed by atoms with E-state index in [1.165, 1.54) is 17.8 Å². The van der Waals surface area contributed by atoms with E-state index in [0.29, 0.717) is 11.0 Å². The van der Waals surface area contributed by atoms with Crippen molar-refractivity contribution in [3.8, 4) is 0 Å². The third-order valence-corrected chi connectivity index (χ3v) is 5.35. The first-order chi connectivity index (χ1) is 14.1. The van der Waals surface area contributed by atoms with Gasteiger partial charge in [-0.25, -0.2) is 23.1 Å². The van der Waals surface area contributed by atoms with Crippen molar-refractivity contribution in [2.24, 2.45) is 0 Å². The van der Waals surface area contributed by atoms with Crippen LogP contribution in [0.1, 0.15) is 30.7 Å². The summed E-state index contributed by atoms with van der Waals surface area (Å²) in [5.41, 5.74) is 3.91. The van der Waals surface area contributed by atoms with Gasteiger partial charge in [-0.2, -0.15) is 0 Å². The van der Waals surface area contributed by atoms with E-state index in [4.69, 9.17) is 10.5 Å². The highest BCUT2D eigenvalue weighted by molar-refractivity contribution is 5.86. The highest BCUT2D eigenvalue weighted by atomic mass is 19.3. The van der Waals surface area contributed by atoms with Crippen LogP contribution in [-0.2, 0) is 4.74 Å². The van der Waals surface area contributed by atoms with E-state index in [1.807, 2.05) is 0 Å². The highest BCUT2D eigenvalue weighted by Crippen LogP contribution is 2.43. The van der Waals surface area contributed by atoms with E-state index in [9.17, 15) is 23.4 Å². The molecule has 4 N–H and O–H groups in total. The molecule has 1 fully saturated rings. The summed E-state index contributed by atoms with van der Waals surface area (Å²) in [5, 5.41) is 22.3. The molecule has 4 atom stereocenters. The number of aromatic nitrogens is 3. The summed E-state index contributed by atoms with van der Waals surface area (Å²) in [5.74, 6) is -0.638. The SMILES string of the molecule is C=C(c1cc(F)cc(C(F)F)c1)[C@H]1O[C@@H](n2ccc3c(N)ncnc32)[C@H](O)[C@]1(C)O. The number of alkyl halides is 2. The molecule has 0 unspecified atom stereocenters. The maximum absolute atomic E-state index is 13.9. The minimum absolute atomic E-state index is 0.0346. The summed E-state index contributed by atoms with van der Waals surface area (Å²) in [4.78, 5) is 8.04. The average Bonchev–Trinajstić information content (AvgIpc) is 3.21. The summed E-state index contributed by atoms with van der Waals surface area (Å²) >= 11 is 0. The van der Waals surface area contributed by atoms with Gasteiger partial charge in [0.15, 0.2) is 6.23 Å². The number of hydrogen-bond acceptors (Lipinski definition) is 6. The van der Waals surface area contributed by atoms with Gasteiger partial charge < -0.3 is 25.3 Å². The van der Waals surface area contributed by atoms with Crippen LogP contribution in [0, 0.1) is 5.82 Å². The zero-order valence-electron chi connectivity index (χ0n) is 15.8. The van der Waals surface area contributed by atoms with Crippen LogP contribution in [0.3, 0.4) is 0 Å². The number of rotatable bonds is 4. The second-order valence-corrected chi connectivity index (χ2v) is 7.40. The van der Waals surface area contributed by atoms with Gasteiger partial charge in [-0.3, -0.25) is 0 Å². The van der Waals surface area contributed by atoms with E-state index in [1.54, 1.807) is 12.3 Å². The Labute approximate surface area is 169 Å². The van der Waals surface area contributed by atoms with Crippen LogP contribution in [0.15, 0.2) is 43.4 Å². The predicted octanol–water partition coefficient (Wildman–Crippen LogP) is 2.81. The van der Waals surface area contributed by atoms with E-state index < -0.39 is 41.8 Å². The second-order valence-electron chi connectivity index (χ2n) is 7.40. The molecule has 7 nitrogen and oxygen atoms in total. The average molecular weight is 420 g/mol. The fourth-order valence-corrected chi connectivity index (χ4v) is 3.72. The smallest absolute Gasteiger partial charge is 0.263 e. The number of nitrogen functional groups attached to an aromatic ring is 1. The third kappa shape index (κ3) is 3.13. The molecule has 1 saturated heterocycles. The molecule has 0 spiro atoms. The van der Waals surface area contributed by atoms with Crippen molar-refractivity contribution in [1.82, 2.24) is 14.5 Å². The fourth-order valence-electron chi connectivity index (χ4n) is 3.72. The van der Waals surface area contributed by atoms with Gasteiger partial charge in [0.05, 0.1) is 5.39 Å². The summed E-state index contributed by atoms with van der Waals surface area (Å²) in [6, 6.07) is 4.46. The van der Waals surface area contributed by atoms with Crippen LogP contribution in [0.2, 0.25) is 0 Å². The molecular weight excluding hydrogens is 401 g/mol. The molecule has 1 aromatic carbocycles. The van der Waals surface area contributed by atoms with Gasteiger partial charge in [0, 0.05) is 11.8 Å². The molecule has 0 radical (unpaired) electrons. The Kier molecular flexibility index (Phi) is 4.80. The largest absolute Gasteiger partial charge is 0.385 e. The number of nitrogens with zero attached hydrogens (tertiary/aromatic N) is 3. The second kappa shape index (κ2) is 7.08. The van der Waals surface area contributed by atoms with E-state index >= 15 is 0 Å². The Hall–Kier alpha value is -2.95. The van der Waals surface area contributed by atoms with Crippen molar-refractivity contribution < 1.29 is 28.1 Å². The molecule has 1 aliphatic heterocycles. The fraction of sp³-hybridized carbons (Fsp3) is 0.300. The number of anilines is 1. The van der Waals surface area contributed by atoms with Crippen molar-refractivity contribution in [1.29, 1.82) is 0 Å². The van der Waals surface area contributed by atoms with Crippen molar-refractivity contribution in [2.45, 2.75) is 37.4 Å². The molecule has 4 rings (SSSR count). The van der Waals surface area contributed by atoms with Crippen molar-refractivity contribution in [2.75, 3.05) is 5.73 Å². The van der Waals surface area contributed by atoms with Crippen molar-refractivity contribution >= 4 is 22.4 Å². The standard InChI is InChI=1S/C20H19F3N4O3/c1-9(10-5-11(16(22)23)7-12(21)6-10)15-20(2,29)14(28)19(30-15)27-4-3-13-17(24)25-8-26-18(13)27/h3-8,14-16,19,28-29H,1H2,2H3,(H2,24,25,26)/t14-,15+,19+,20-/m0/s1. The zero-order valence-corrected chi connectivity index (χ0v) is 15.8. The molecule has 158 valence electrons. The third-order valence-electron chi connectivity index (χ3n) is 5.35. The number of aliphatic hydroxyl groups excluding tert-OH is 1. The molecule has 0 aliphatic carbocycles. The lowest BCUT2D eigenvalue weighted by Crippen LogP contribution is -2.45. The van der Waals surface area contributed by atoms with E-state index in [2.05, 4.69) is 16.5 Å². The van der Waals surface area contributed by atoms with Gasteiger partial charge in [-0.05, 0) is 42.3 Å². The first-order valence-corrected chi connectivity index (χ1v) is 9.02. The number of benzene rings is 1. The molecule has 0 amide bonds. The predicted molar refractivity (Wildman–Crippen MR) is 103 cm³/mol. The van der Waals surface area contributed by atoms with Crippen molar-refractivity contribution in [3.05, 3.63) is 60.3 Å². The van der Waals surface area contributed by atoms with Gasteiger partial charge in [0.25, 0.3) is 6.43 Å². The Balaban J connectivity index is 1.72. The highest BCUT2D eigenvalue weighted by Gasteiger charge is 2.54. The van der Waals surface area contributed by atoms with Gasteiger partial charge in [-0.1, -0.05) is 6.58 Å².